The van der Waals surface area contributed by atoms with Crippen LogP contribution in [0, 0.1) is 0 Å². The van der Waals surface area contributed by atoms with Gasteiger partial charge in [0.25, 0.3) is 5.91 Å². The van der Waals surface area contributed by atoms with Gasteiger partial charge in [-0.15, -0.1) is 0 Å². The summed E-state index contributed by atoms with van der Waals surface area (Å²) in [4.78, 5) is 28.7. The van der Waals surface area contributed by atoms with E-state index in [1.165, 1.54) is 11.1 Å². The first kappa shape index (κ1) is 11.9. The van der Waals surface area contributed by atoms with Crippen LogP contribution >= 0.6 is 11.6 Å². The summed E-state index contributed by atoms with van der Waals surface area (Å²) in [6.07, 6.45) is 2.89. The summed E-state index contributed by atoms with van der Waals surface area (Å²) in [6.45, 7) is 0.525. The second kappa shape index (κ2) is 4.71. The van der Waals surface area contributed by atoms with Gasteiger partial charge in [-0.3, -0.25) is 9.59 Å². The van der Waals surface area contributed by atoms with Crippen LogP contribution in [-0.4, -0.2) is 34.3 Å². The van der Waals surface area contributed by atoms with Crippen molar-refractivity contribution in [3.8, 4) is 0 Å². The minimum atomic E-state index is -0.529. The van der Waals surface area contributed by atoms with Gasteiger partial charge in [-0.1, -0.05) is 11.6 Å². The SMILES string of the molecule is NC(=O)C1CCCN1C(=O)c1cccnc1Cl. The van der Waals surface area contributed by atoms with E-state index in [4.69, 9.17) is 17.3 Å². The summed E-state index contributed by atoms with van der Waals surface area (Å²) in [5.41, 5.74) is 5.57. The molecule has 2 heterocycles. The second-order valence-corrected chi connectivity index (χ2v) is 4.26. The van der Waals surface area contributed by atoms with Crippen molar-refractivity contribution in [2.75, 3.05) is 6.54 Å². The van der Waals surface area contributed by atoms with Crippen molar-refractivity contribution in [1.29, 1.82) is 0 Å². The van der Waals surface area contributed by atoms with E-state index in [0.29, 0.717) is 18.5 Å². The molecular weight excluding hydrogens is 242 g/mol. The summed E-state index contributed by atoms with van der Waals surface area (Å²) >= 11 is 5.85. The molecule has 2 amide bonds. The molecule has 1 fully saturated rings. The molecular formula is C11H12ClN3O2. The number of halogens is 1. The largest absolute Gasteiger partial charge is 0.368 e. The Labute approximate surface area is 104 Å². The minimum absolute atomic E-state index is 0.146. The zero-order chi connectivity index (χ0) is 12.4. The Morgan fingerprint density at radius 3 is 2.94 bits per heavy atom. The Balaban J connectivity index is 2.26. The predicted octanol–water partition coefficient (Wildman–Crippen LogP) is 0.825. The number of likely N-dealkylation sites (tertiary alicyclic amines) is 1. The van der Waals surface area contributed by atoms with Crippen molar-refractivity contribution >= 4 is 23.4 Å². The van der Waals surface area contributed by atoms with Crippen LogP contribution in [0.5, 0.6) is 0 Å². The number of nitrogens with two attached hydrogens (primary N) is 1. The number of pyridine rings is 1. The van der Waals surface area contributed by atoms with Crippen LogP contribution in [0.1, 0.15) is 23.2 Å². The molecule has 1 aromatic rings. The fourth-order valence-electron chi connectivity index (χ4n) is 2.01. The van der Waals surface area contributed by atoms with Gasteiger partial charge in [-0.2, -0.15) is 0 Å². The minimum Gasteiger partial charge on any atom is -0.368 e. The number of amides is 2. The number of carbonyl (C=O) groups is 2. The number of rotatable bonds is 2. The highest BCUT2D eigenvalue weighted by atomic mass is 35.5. The van der Waals surface area contributed by atoms with Crippen LogP contribution in [-0.2, 0) is 4.79 Å². The van der Waals surface area contributed by atoms with Gasteiger partial charge >= 0.3 is 0 Å². The molecule has 1 atom stereocenters. The Hall–Kier alpha value is -1.62. The third kappa shape index (κ3) is 2.24. The van der Waals surface area contributed by atoms with Crippen molar-refractivity contribution in [1.82, 2.24) is 9.88 Å². The van der Waals surface area contributed by atoms with Gasteiger partial charge in [0.2, 0.25) is 5.91 Å². The summed E-state index contributed by atoms with van der Waals surface area (Å²) in [5.74, 6) is -0.764. The molecule has 0 aromatic carbocycles. The maximum atomic E-state index is 12.2. The van der Waals surface area contributed by atoms with Crippen molar-refractivity contribution in [3.05, 3.63) is 29.0 Å². The molecule has 90 valence electrons. The Bertz CT molecular complexity index is 464. The number of nitrogens with zero attached hydrogens (tertiary/aromatic N) is 2. The van der Waals surface area contributed by atoms with Crippen molar-refractivity contribution < 1.29 is 9.59 Å². The zero-order valence-electron chi connectivity index (χ0n) is 9.10. The second-order valence-electron chi connectivity index (χ2n) is 3.90. The smallest absolute Gasteiger partial charge is 0.257 e. The van der Waals surface area contributed by atoms with E-state index >= 15 is 0 Å². The van der Waals surface area contributed by atoms with Crippen molar-refractivity contribution in [3.63, 3.8) is 0 Å². The van der Waals surface area contributed by atoms with E-state index in [1.54, 1.807) is 12.1 Å². The normalized spacial score (nSPS) is 19.4. The number of carbonyl (C=O) groups excluding carboxylic acids is 2. The quantitative estimate of drug-likeness (QED) is 0.793. The first-order chi connectivity index (χ1) is 8.11. The third-order valence-corrected chi connectivity index (χ3v) is 3.13. The van der Waals surface area contributed by atoms with Gasteiger partial charge < -0.3 is 10.6 Å². The van der Waals surface area contributed by atoms with Gasteiger partial charge in [-0.05, 0) is 25.0 Å². The van der Waals surface area contributed by atoms with E-state index in [-0.39, 0.29) is 11.1 Å². The highest BCUT2D eigenvalue weighted by Gasteiger charge is 2.33. The van der Waals surface area contributed by atoms with Crippen LogP contribution in [0.4, 0.5) is 0 Å². The van der Waals surface area contributed by atoms with Gasteiger partial charge in [0.05, 0.1) is 5.56 Å². The first-order valence-electron chi connectivity index (χ1n) is 5.32. The molecule has 1 saturated heterocycles. The molecule has 1 aromatic heterocycles. The molecule has 2 N–H and O–H groups in total. The van der Waals surface area contributed by atoms with Gasteiger partial charge in [0.1, 0.15) is 11.2 Å². The molecule has 1 unspecified atom stereocenters. The number of aromatic nitrogens is 1. The lowest BCUT2D eigenvalue weighted by atomic mass is 10.2. The Morgan fingerprint density at radius 2 is 2.29 bits per heavy atom. The van der Waals surface area contributed by atoms with Gasteiger partial charge in [-0.25, -0.2) is 4.98 Å². The number of hydrogen-bond acceptors (Lipinski definition) is 3. The Morgan fingerprint density at radius 1 is 1.53 bits per heavy atom. The molecule has 0 spiro atoms. The van der Waals surface area contributed by atoms with E-state index in [0.717, 1.165) is 6.42 Å². The Kier molecular flexibility index (Phi) is 3.28. The number of primary amides is 1. The molecule has 0 bridgehead atoms. The van der Waals surface area contributed by atoms with E-state index in [2.05, 4.69) is 4.98 Å². The summed E-state index contributed by atoms with van der Waals surface area (Å²) in [7, 11) is 0. The molecule has 2 rings (SSSR count). The predicted molar refractivity (Wildman–Crippen MR) is 62.5 cm³/mol. The highest BCUT2D eigenvalue weighted by Crippen LogP contribution is 2.22. The average Bonchev–Trinajstić information content (AvgIpc) is 2.77. The monoisotopic (exact) mass is 253 g/mol. The van der Waals surface area contributed by atoms with E-state index < -0.39 is 11.9 Å². The lowest BCUT2D eigenvalue weighted by Gasteiger charge is -2.22. The summed E-state index contributed by atoms with van der Waals surface area (Å²) in [6, 6.07) is 2.70. The van der Waals surface area contributed by atoms with Gasteiger partial charge in [0.15, 0.2) is 0 Å². The van der Waals surface area contributed by atoms with Crippen LogP contribution < -0.4 is 5.73 Å². The van der Waals surface area contributed by atoms with E-state index in [1.807, 2.05) is 0 Å². The molecule has 1 aliphatic rings. The van der Waals surface area contributed by atoms with Crippen LogP contribution in [0.15, 0.2) is 18.3 Å². The molecule has 6 heteroatoms. The van der Waals surface area contributed by atoms with Crippen LogP contribution in [0.3, 0.4) is 0 Å². The summed E-state index contributed by atoms with van der Waals surface area (Å²) in [5, 5.41) is 0.146. The average molecular weight is 254 g/mol. The lowest BCUT2D eigenvalue weighted by molar-refractivity contribution is -0.121. The molecule has 5 nitrogen and oxygen atoms in total. The molecule has 0 saturated carbocycles. The topological polar surface area (TPSA) is 76.3 Å². The number of hydrogen-bond donors (Lipinski definition) is 1. The lowest BCUT2D eigenvalue weighted by Crippen LogP contribution is -2.43. The van der Waals surface area contributed by atoms with Gasteiger partial charge in [0, 0.05) is 12.7 Å². The first-order valence-corrected chi connectivity index (χ1v) is 5.70. The van der Waals surface area contributed by atoms with Crippen molar-refractivity contribution in [2.45, 2.75) is 18.9 Å². The van der Waals surface area contributed by atoms with Crippen LogP contribution in [0.25, 0.3) is 0 Å². The fourth-order valence-corrected chi connectivity index (χ4v) is 2.21. The maximum absolute atomic E-state index is 12.2. The fraction of sp³-hybridized carbons (Fsp3) is 0.364. The zero-order valence-corrected chi connectivity index (χ0v) is 9.85. The molecule has 0 radical (unpaired) electrons. The highest BCUT2D eigenvalue weighted by molar-refractivity contribution is 6.32. The molecule has 17 heavy (non-hydrogen) atoms. The molecule has 1 aliphatic heterocycles. The van der Waals surface area contributed by atoms with Crippen LogP contribution in [0.2, 0.25) is 5.15 Å². The van der Waals surface area contributed by atoms with Crippen molar-refractivity contribution in [2.24, 2.45) is 5.73 Å². The van der Waals surface area contributed by atoms with E-state index in [9.17, 15) is 9.59 Å². The molecule has 0 aliphatic carbocycles. The summed E-state index contributed by atoms with van der Waals surface area (Å²) < 4.78 is 0. The standard InChI is InChI=1S/C11H12ClN3O2/c12-9-7(3-1-5-14-9)11(17)15-6-2-4-8(15)10(13)16/h1,3,5,8H,2,4,6H2,(H2,13,16). The maximum Gasteiger partial charge on any atom is 0.257 e. The third-order valence-electron chi connectivity index (χ3n) is 2.83.